The molecule has 0 aromatic heterocycles. The van der Waals surface area contributed by atoms with Gasteiger partial charge in [0.25, 0.3) is 5.69 Å². The molecule has 1 N–H and O–H groups in total. The molecule has 2 saturated heterocycles. The first kappa shape index (κ1) is 22.9. The largest absolute Gasteiger partial charge is 0.324 e. The first-order valence-corrected chi connectivity index (χ1v) is 13.1. The van der Waals surface area contributed by atoms with E-state index in [1.165, 1.54) is 6.07 Å². The predicted molar refractivity (Wildman–Crippen MR) is 139 cm³/mol. The fourth-order valence-corrected chi connectivity index (χ4v) is 7.63. The molecule has 7 nitrogen and oxygen atoms in total. The highest BCUT2D eigenvalue weighted by molar-refractivity contribution is 7.99. The Morgan fingerprint density at radius 3 is 2.58 bits per heavy atom. The molecule has 3 aliphatic rings. The quantitative estimate of drug-likeness (QED) is 0.308. The van der Waals surface area contributed by atoms with Crippen molar-refractivity contribution in [1.29, 1.82) is 0 Å². The number of fused-ring (bicyclic) bond motifs is 4. The molecular formula is C28H25N3O4S. The molecule has 3 aromatic carbocycles. The second-order valence-corrected chi connectivity index (χ2v) is 10.9. The van der Waals surface area contributed by atoms with Crippen LogP contribution in [0, 0.1) is 29.9 Å². The SMILES string of the molecule is Cc1ccc(C(=O)[C@@H]2[C@H](c3cccc([N+](=O)[O-])c3)[C@@H]3CSCN3[C@]23C(=O)Nc2ccc(C)cc23)cc1. The van der Waals surface area contributed by atoms with Crippen molar-refractivity contribution in [3.05, 3.63) is 105 Å². The molecule has 3 aromatic rings. The van der Waals surface area contributed by atoms with Crippen LogP contribution in [-0.2, 0) is 10.3 Å². The van der Waals surface area contributed by atoms with Crippen molar-refractivity contribution < 1.29 is 14.5 Å². The number of nitro benzene ring substituents is 1. The number of hydrogen-bond donors (Lipinski definition) is 1. The number of amides is 1. The molecule has 3 heterocycles. The van der Waals surface area contributed by atoms with Gasteiger partial charge in [0, 0.05) is 52.5 Å². The Morgan fingerprint density at radius 1 is 1.08 bits per heavy atom. The summed E-state index contributed by atoms with van der Waals surface area (Å²) >= 11 is 1.73. The summed E-state index contributed by atoms with van der Waals surface area (Å²) in [4.78, 5) is 41.9. The summed E-state index contributed by atoms with van der Waals surface area (Å²) < 4.78 is 0. The molecule has 2 fully saturated rings. The topological polar surface area (TPSA) is 92.5 Å². The molecule has 0 saturated carbocycles. The monoisotopic (exact) mass is 499 g/mol. The van der Waals surface area contributed by atoms with Gasteiger partial charge in [0.05, 0.1) is 10.8 Å². The van der Waals surface area contributed by atoms with Crippen LogP contribution < -0.4 is 5.32 Å². The number of nitrogens with one attached hydrogen (secondary N) is 1. The van der Waals surface area contributed by atoms with Crippen LogP contribution in [0.1, 0.15) is 38.5 Å². The summed E-state index contributed by atoms with van der Waals surface area (Å²) in [5.41, 5.74) is 3.65. The first-order chi connectivity index (χ1) is 17.3. The Balaban J connectivity index is 1.62. The van der Waals surface area contributed by atoms with Gasteiger partial charge in [0.2, 0.25) is 5.91 Å². The molecule has 0 radical (unpaired) electrons. The Kier molecular flexibility index (Phi) is 5.28. The number of aryl methyl sites for hydroxylation is 2. The van der Waals surface area contributed by atoms with Crippen LogP contribution in [0.25, 0.3) is 0 Å². The fourth-order valence-electron chi connectivity index (χ4n) is 6.31. The van der Waals surface area contributed by atoms with E-state index in [0.29, 0.717) is 11.4 Å². The molecule has 0 unspecified atom stereocenters. The number of rotatable bonds is 4. The molecule has 8 heteroatoms. The predicted octanol–water partition coefficient (Wildman–Crippen LogP) is 5.03. The van der Waals surface area contributed by atoms with E-state index >= 15 is 0 Å². The second kappa shape index (κ2) is 8.28. The average molecular weight is 500 g/mol. The Bertz CT molecular complexity index is 1420. The molecule has 36 heavy (non-hydrogen) atoms. The van der Waals surface area contributed by atoms with E-state index in [9.17, 15) is 19.7 Å². The zero-order chi connectivity index (χ0) is 25.2. The number of nitro groups is 1. The third-order valence-corrected chi connectivity index (χ3v) is 8.90. The highest BCUT2D eigenvalue weighted by atomic mass is 32.2. The van der Waals surface area contributed by atoms with Crippen molar-refractivity contribution >= 4 is 34.8 Å². The van der Waals surface area contributed by atoms with Gasteiger partial charge in [-0.15, -0.1) is 11.8 Å². The van der Waals surface area contributed by atoms with Crippen molar-refractivity contribution in [2.24, 2.45) is 5.92 Å². The van der Waals surface area contributed by atoms with Crippen molar-refractivity contribution in [3.8, 4) is 0 Å². The van der Waals surface area contributed by atoms with Crippen LogP contribution in [0.4, 0.5) is 11.4 Å². The number of hydrogen-bond acceptors (Lipinski definition) is 6. The molecule has 0 aliphatic carbocycles. The maximum absolute atomic E-state index is 14.4. The highest BCUT2D eigenvalue weighted by Gasteiger charge is 2.69. The summed E-state index contributed by atoms with van der Waals surface area (Å²) in [6.45, 7) is 3.95. The van der Waals surface area contributed by atoms with Gasteiger partial charge in [-0.3, -0.25) is 24.6 Å². The van der Waals surface area contributed by atoms with E-state index in [1.54, 1.807) is 23.9 Å². The lowest BCUT2D eigenvalue weighted by Gasteiger charge is -2.36. The van der Waals surface area contributed by atoms with E-state index < -0.39 is 16.4 Å². The number of ketones is 1. The van der Waals surface area contributed by atoms with Crippen LogP contribution >= 0.6 is 11.8 Å². The van der Waals surface area contributed by atoms with Gasteiger partial charge in [-0.05, 0) is 25.5 Å². The normalized spacial score (nSPS) is 26.6. The lowest BCUT2D eigenvalue weighted by atomic mass is 9.69. The fraction of sp³-hybridized carbons (Fsp3) is 0.286. The van der Waals surface area contributed by atoms with Crippen molar-refractivity contribution in [2.45, 2.75) is 31.3 Å². The number of thioether (sulfide) groups is 1. The van der Waals surface area contributed by atoms with Crippen LogP contribution in [0.15, 0.2) is 66.7 Å². The van der Waals surface area contributed by atoms with Gasteiger partial charge in [-0.2, -0.15) is 0 Å². The van der Waals surface area contributed by atoms with Crippen molar-refractivity contribution in [3.63, 3.8) is 0 Å². The number of nitrogens with zero attached hydrogens (tertiary/aromatic N) is 2. The number of benzene rings is 3. The van der Waals surface area contributed by atoms with Gasteiger partial charge >= 0.3 is 0 Å². The summed E-state index contributed by atoms with van der Waals surface area (Å²) in [6, 6.07) is 19.8. The van der Waals surface area contributed by atoms with E-state index in [4.69, 9.17) is 0 Å². The summed E-state index contributed by atoms with van der Waals surface area (Å²) in [5, 5.41) is 14.7. The standard InChI is InChI=1S/C28H25N3O4S/c1-16-6-9-18(10-7-16)26(32)25-24(19-4-3-5-20(13-19)31(34)35)23-14-36-15-30(23)28(25)21-12-17(2)8-11-22(21)29-27(28)33/h3-13,23-25H,14-15H2,1-2H3,(H,29,33)/t23-,24+,25-,28-/m0/s1. The molecule has 1 amide bonds. The number of carbonyl (C=O) groups excluding carboxylic acids is 2. The zero-order valence-corrected chi connectivity index (χ0v) is 20.7. The van der Waals surface area contributed by atoms with Crippen LogP contribution in [0.3, 0.4) is 0 Å². The van der Waals surface area contributed by atoms with Gasteiger partial charge in [0.15, 0.2) is 5.78 Å². The third kappa shape index (κ3) is 3.17. The lowest BCUT2D eigenvalue weighted by Crippen LogP contribution is -2.52. The van der Waals surface area contributed by atoms with Gasteiger partial charge < -0.3 is 5.32 Å². The third-order valence-electron chi connectivity index (χ3n) is 7.86. The molecule has 0 bridgehead atoms. The van der Waals surface area contributed by atoms with E-state index in [0.717, 1.165) is 33.7 Å². The summed E-state index contributed by atoms with van der Waals surface area (Å²) in [7, 11) is 0. The zero-order valence-electron chi connectivity index (χ0n) is 19.9. The van der Waals surface area contributed by atoms with Gasteiger partial charge in [0.1, 0.15) is 5.54 Å². The van der Waals surface area contributed by atoms with E-state index in [2.05, 4.69) is 10.2 Å². The Morgan fingerprint density at radius 2 is 1.83 bits per heavy atom. The minimum atomic E-state index is -1.19. The number of Topliss-reactive ketones (excluding diaryl/α,β-unsaturated/α-hetero) is 1. The number of carbonyl (C=O) groups is 2. The van der Waals surface area contributed by atoms with Gasteiger partial charge in [-0.25, -0.2) is 0 Å². The summed E-state index contributed by atoms with van der Waals surface area (Å²) in [6.07, 6.45) is 0. The van der Waals surface area contributed by atoms with Crippen LogP contribution in [0.5, 0.6) is 0 Å². The molecule has 1 spiro atoms. The van der Waals surface area contributed by atoms with Crippen molar-refractivity contribution in [2.75, 3.05) is 16.9 Å². The molecule has 3 aliphatic heterocycles. The van der Waals surface area contributed by atoms with E-state index in [-0.39, 0.29) is 29.3 Å². The molecular weight excluding hydrogens is 474 g/mol. The first-order valence-electron chi connectivity index (χ1n) is 11.9. The highest BCUT2D eigenvalue weighted by Crippen LogP contribution is 2.61. The van der Waals surface area contributed by atoms with Crippen molar-refractivity contribution in [1.82, 2.24) is 4.90 Å². The Labute approximate surface area is 213 Å². The lowest BCUT2D eigenvalue weighted by molar-refractivity contribution is -0.384. The minimum absolute atomic E-state index is 0.0145. The maximum atomic E-state index is 14.4. The van der Waals surface area contributed by atoms with Crippen LogP contribution in [0.2, 0.25) is 0 Å². The molecule has 6 rings (SSSR count). The Hall–Kier alpha value is -3.49. The second-order valence-electron chi connectivity index (χ2n) is 9.89. The minimum Gasteiger partial charge on any atom is -0.324 e. The summed E-state index contributed by atoms with van der Waals surface area (Å²) in [5.74, 6) is -0.0954. The number of non-ortho nitro benzene ring substituents is 1. The molecule has 182 valence electrons. The maximum Gasteiger partial charge on any atom is 0.269 e. The number of anilines is 1. The van der Waals surface area contributed by atoms with Crippen LogP contribution in [-0.4, -0.2) is 39.2 Å². The smallest absolute Gasteiger partial charge is 0.269 e. The molecule has 4 atom stereocenters. The average Bonchev–Trinajstić information content (AvgIpc) is 3.52. The van der Waals surface area contributed by atoms with Gasteiger partial charge in [-0.1, -0.05) is 59.7 Å². The van der Waals surface area contributed by atoms with E-state index in [1.807, 2.05) is 62.4 Å².